The summed E-state index contributed by atoms with van der Waals surface area (Å²) < 4.78 is 2.26. The van der Waals surface area contributed by atoms with Crippen LogP contribution in [0.1, 0.15) is 0 Å². The van der Waals surface area contributed by atoms with E-state index in [1.165, 1.54) is 0 Å². The van der Waals surface area contributed by atoms with Crippen molar-refractivity contribution in [1.82, 2.24) is 0 Å². The minimum absolute atomic E-state index is 1.12. The van der Waals surface area contributed by atoms with Gasteiger partial charge >= 0.3 is 5.43 Å². The molecule has 0 heterocycles. The van der Waals surface area contributed by atoms with Crippen LogP contribution in [-0.2, 0) is 4.74 Å². The summed E-state index contributed by atoms with van der Waals surface area (Å²) in [6.07, 6.45) is 0. The summed E-state index contributed by atoms with van der Waals surface area (Å²) in [7, 11) is 0. The van der Waals surface area contributed by atoms with E-state index >= 15 is 0 Å². The summed E-state index contributed by atoms with van der Waals surface area (Å²) in [5.41, 5.74) is -2.49. The van der Waals surface area contributed by atoms with Crippen LogP contribution in [0.25, 0.3) is 0 Å². The molecule has 0 radical (unpaired) electrons. The van der Waals surface area contributed by atoms with Crippen molar-refractivity contribution < 1.29 is 9.53 Å². The quantitative estimate of drug-likeness (QED) is 0.524. The molecule has 10 heavy (non-hydrogen) atoms. The van der Waals surface area contributed by atoms with Crippen LogP contribution in [-0.4, -0.2) is 14.8 Å². The largest absolute Gasteiger partial charge is 0.429 e. The SMILES string of the molecule is O=C(Cl)OC(Cl)C(Cl)(Cl)Cl. The van der Waals surface area contributed by atoms with Gasteiger partial charge in [-0.3, -0.25) is 0 Å². The predicted molar refractivity (Wildman–Crippen MR) is 42.3 cm³/mol. The van der Waals surface area contributed by atoms with Gasteiger partial charge in [-0.1, -0.05) is 46.4 Å². The number of ether oxygens (including phenoxy) is 1. The molecule has 60 valence electrons. The van der Waals surface area contributed by atoms with Gasteiger partial charge in [-0.25, -0.2) is 4.79 Å². The summed E-state index contributed by atoms with van der Waals surface area (Å²) in [5.74, 6) is 0. The fourth-order valence-corrected chi connectivity index (χ4v) is 0.497. The summed E-state index contributed by atoms with van der Waals surface area (Å²) in [5, 5.41) is 0. The molecule has 1 atom stereocenters. The minimum Gasteiger partial charge on any atom is -0.429 e. The lowest BCUT2D eigenvalue weighted by Crippen LogP contribution is -2.23. The van der Waals surface area contributed by atoms with E-state index < -0.39 is 14.8 Å². The molecule has 0 aliphatic rings. The van der Waals surface area contributed by atoms with Crippen molar-refractivity contribution in [2.75, 3.05) is 0 Å². The third-order valence-electron chi connectivity index (χ3n) is 0.453. The van der Waals surface area contributed by atoms with Crippen molar-refractivity contribution in [2.45, 2.75) is 9.36 Å². The Hall–Kier alpha value is 0.920. The summed E-state index contributed by atoms with van der Waals surface area (Å²) >= 11 is 25.6. The highest BCUT2D eigenvalue weighted by Gasteiger charge is 2.33. The standard InChI is InChI=1S/C3HCl5O2/c4-1(3(6,7)8)10-2(5)9/h1H. The van der Waals surface area contributed by atoms with Gasteiger partial charge in [0, 0.05) is 11.6 Å². The van der Waals surface area contributed by atoms with E-state index in [1.807, 2.05) is 0 Å². The van der Waals surface area contributed by atoms with Gasteiger partial charge in [0.2, 0.25) is 9.36 Å². The zero-order chi connectivity index (χ0) is 8.36. The van der Waals surface area contributed by atoms with Gasteiger partial charge in [-0.05, 0) is 0 Å². The summed E-state index contributed by atoms with van der Waals surface area (Å²) in [4.78, 5) is 9.98. The van der Waals surface area contributed by atoms with Crippen LogP contribution in [0.4, 0.5) is 4.79 Å². The first-order valence-electron chi connectivity index (χ1n) is 1.91. The third-order valence-corrected chi connectivity index (χ3v) is 1.89. The highest BCUT2D eigenvalue weighted by molar-refractivity contribution is 6.70. The Balaban J connectivity index is 3.85. The van der Waals surface area contributed by atoms with Gasteiger partial charge in [0.05, 0.1) is 0 Å². The molecule has 0 aliphatic heterocycles. The Labute approximate surface area is 82.3 Å². The monoisotopic (exact) mass is 244 g/mol. The molecular formula is C3HCl5O2. The van der Waals surface area contributed by atoms with E-state index in [-0.39, 0.29) is 0 Å². The molecule has 0 bridgehead atoms. The average molecular weight is 246 g/mol. The molecule has 0 spiro atoms. The number of alkyl halides is 4. The van der Waals surface area contributed by atoms with Crippen LogP contribution >= 0.6 is 58.0 Å². The van der Waals surface area contributed by atoms with Crippen molar-refractivity contribution >= 4 is 63.4 Å². The van der Waals surface area contributed by atoms with Crippen LogP contribution in [0.15, 0.2) is 0 Å². The van der Waals surface area contributed by atoms with Gasteiger partial charge in [-0.15, -0.1) is 0 Å². The van der Waals surface area contributed by atoms with Crippen LogP contribution < -0.4 is 0 Å². The average Bonchev–Trinajstić information content (AvgIpc) is 1.60. The molecule has 0 amide bonds. The van der Waals surface area contributed by atoms with E-state index in [9.17, 15) is 4.79 Å². The maximum Gasteiger partial charge on any atom is 0.405 e. The molecular weight excluding hydrogens is 245 g/mol. The molecule has 0 aliphatic carbocycles. The second kappa shape index (κ2) is 4.07. The van der Waals surface area contributed by atoms with Crippen molar-refractivity contribution in [1.29, 1.82) is 0 Å². The molecule has 1 unspecified atom stereocenters. The van der Waals surface area contributed by atoms with Crippen LogP contribution in [0.3, 0.4) is 0 Å². The summed E-state index contributed by atoms with van der Waals surface area (Å²) in [6, 6.07) is 0. The molecule has 0 fully saturated rings. The molecule has 0 N–H and O–H groups in total. The molecule has 7 heteroatoms. The Bertz CT molecular complexity index is 129. The van der Waals surface area contributed by atoms with Gasteiger partial charge in [0.1, 0.15) is 0 Å². The van der Waals surface area contributed by atoms with Crippen LogP contribution in [0.2, 0.25) is 0 Å². The Morgan fingerprint density at radius 3 is 1.90 bits per heavy atom. The third kappa shape index (κ3) is 4.69. The number of carbonyl (C=O) groups excluding carboxylic acids is 1. The zero-order valence-electron chi connectivity index (χ0n) is 4.28. The topological polar surface area (TPSA) is 26.3 Å². The number of halogens is 5. The smallest absolute Gasteiger partial charge is 0.405 e. The van der Waals surface area contributed by atoms with Crippen molar-refractivity contribution in [3.8, 4) is 0 Å². The molecule has 2 nitrogen and oxygen atoms in total. The predicted octanol–water partition coefficient (Wildman–Crippen LogP) is 3.30. The maximum atomic E-state index is 9.98. The molecule has 0 aromatic carbocycles. The fourth-order valence-electron chi connectivity index (χ4n) is 0.148. The minimum atomic E-state index is -1.86. The van der Waals surface area contributed by atoms with Crippen LogP contribution in [0, 0.1) is 0 Å². The van der Waals surface area contributed by atoms with Gasteiger partial charge in [-0.2, -0.15) is 0 Å². The Morgan fingerprint density at radius 1 is 1.40 bits per heavy atom. The van der Waals surface area contributed by atoms with Gasteiger partial charge in [0.15, 0.2) is 0 Å². The molecule has 0 rings (SSSR count). The number of hydrogen-bond donors (Lipinski definition) is 0. The fraction of sp³-hybridized carbons (Fsp3) is 0.667. The zero-order valence-corrected chi connectivity index (χ0v) is 8.06. The van der Waals surface area contributed by atoms with Crippen molar-refractivity contribution in [2.24, 2.45) is 0 Å². The Morgan fingerprint density at radius 2 is 1.80 bits per heavy atom. The summed E-state index contributed by atoms with van der Waals surface area (Å²) in [6.45, 7) is 0. The van der Waals surface area contributed by atoms with E-state index in [1.54, 1.807) is 0 Å². The lowest BCUT2D eigenvalue weighted by molar-refractivity contribution is 0.160. The highest BCUT2D eigenvalue weighted by atomic mass is 35.6. The van der Waals surface area contributed by atoms with E-state index in [0.717, 1.165) is 0 Å². The number of hydrogen-bond acceptors (Lipinski definition) is 2. The van der Waals surface area contributed by atoms with Gasteiger partial charge in [0.25, 0.3) is 0 Å². The molecule has 0 aromatic heterocycles. The highest BCUT2D eigenvalue weighted by Crippen LogP contribution is 2.34. The van der Waals surface area contributed by atoms with Crippen LogP contribution in [0.5, 0.6) is 0 Å². The first kappa shape index (κ1) is 10.9. The van der Waals surface area contributed by atoms with E-state index in [2.05, 4.69) is 4.74 Å². The second-order valence-electron chi connectivity index (χ2n) is 1.21. The molecule has 0 saturated carbocycles. The first-order valence-corrected chi connectivity index (χ1v) is 3.86. The lowest BCUT2D eigenvalue weighted by Gasteiger charge is -2.15. The van der Waals surface area contributed by atoms with E-state index in [0.29, 0.717) is 0 Å². The first-order chi connectivity index (χ1) is 4.34. The lowest BCUT2D eigenvalue weighted by atomic mass is 10.8. The van der Waals surface area contributed by atoms with E-state index in [4.69, 9.17) is 58.0 Å². The van der Waals surface area contributed by atoms with Crippen molar-refractivity contribution in [3.63, 3.8) is 0 Å². The normalized spacial score (nSPS) is 14.5. The molecule has 0 saturated heterocycles. The molecule has 0 aromatic rings. The van der Waals surface area contributed by atoms with Crippen molar-refractivity contribution in [3.05, 3.63) is 0 Å². The Kier molecular flexibility index (Phi) is 4.45. The second-order valence-corrected chi connectivity index (χ2v) is 4.29. The number of rotatable bonds is 1. The number of carbonyl (C=O) groups is 1. The van der Waals surface area contributed by atoms with Gasteiger partial charge < -0.3 is 4.74 Å². The maximum absolute atomic E-state index is 9.98.